The molecule has 0 spiro atoms. The molecule has 0 aromatic rings. The van der Waals surface area contributed by atoms with E-state index in [-0.39, 0.29) is 105 Å². The number of primary amides is 1. The highest BCUT2D eigenvalue weighted by Crippen LogP contribution is 2.37. The summed E-state index contributed by atoms with van der Waals surface area (Å²) in [6.07, 6.45) is 3.93. The number of hydrogen-bond donors (Lipinski definition) is 19. The normalized spacial score (nSPS) is 13.9. The van der Waals surface area contributed by atoms with E-state index in [1.165, 1.54) is 43.2 Å². The first-order valence-corrected chi connectivity index (χ1v) is 31.4. The average Bonchev–Trinajstić information content (AvgIpc) is 3.41. The quantitative estimate of drug-likeness (QED) is 0.0117. The van der Waals surface area contributed by atoms with Crippen molar-refractivity contribution in [1.29, 1.82) is 0 Å². The molecule has 82 heavy (non-hydrogen) atoms. The van der Waals surface area contributed by atoms with Crippen LogP contribution in [0.4, 0.5) is 0 Å². The lowest BCUT2D eigenvalue weighted by Crippen LogP contribution is -2.57. The van der Waals surface area contributed by atoms with Crippen molar-refractivity contribution in [3.8, 4) is 0 Å². The van der Waals surface area contributed by atoms with Gasteiger partial charge < -0.3 is 106 Å². The number of guanidine groups is 4. The second-order valence-corrected chi connectivity index (χ2v) is 26.4. The van der Waals surface area contributed by atoms with Gasteiger partial charge in [-0.25, -0.2) is 0 Å². The molecule has 0 heterocycles. The predicted molar refractivity (Wildman–Crippen MR) is 332 cm³/mol. The number of rotatable bonds is 46. The van der Waals surface area contributed by atoms with Gasteiger partial charge in [-0.2, -0.15) is 0 Å². The zero-order valence-electron chi connectivity index (χ0n) is 47.8. The highest BCUT2D eigenvalue weighted by Gasteiger charge is 2.31. The van der Waals surface area contributed by atoms with Gasteiger partial charge >= 0.3 is 0 Å². The Bertz CT molecular complexity index is 2130. The van der Waals surface area contributed by atoms with E-state index in [4.69, 9.17) is 74.5 Å². The third-order valence-corrected chi connectivity index (χ3v) is 18.1. The van der Waals surface area contributed by atoms with Gasteiger partial charge in [0.2, 0.25) is 41.4 Å². The van der Waals surface area contributed by atoms with Crippen LogP contribution in [0.5, 0.6) is 0 Å². The first-order chi connectivity index (χ1) is 38.4. The topological polar surface area (TPSA) is 596 Å². The van der Waals surface area contributed by atoms with Gasteiger partial charge in [0.25, 0.3) is 0 Å². The molecule has 0 rings (SSSR count). The summed E-state index contributed by atoms with van der Waals surface area (Å²) < 4.78 is -1.15. The summed E-state index contributed by atoms with van der Waals surface area (Å²) in [6.45, 7) is 8.55. The van der Waals surface area contributed by atoms with E-state index in [2.05, 4.69) is 51.9 Å². The molecular weight excluding hydrogens is 1140 g/mol. The fraction of sp³-hybridized carbons (Fsp3) is 0.745. The van der Waals surface area contributed by atoms with Crippen molar-refractivity contribution in [2.45, 2.75) is 163 Å². The van der Waals surface area contributed by atoms with Gasteiger partial charge in [-0.05, 0) is 91.9 Å². The molecule has 470 valence electrons. The maximum Gasteiger partial charge on any atom is 0.244 e. The zero-order chi connectivity index (χ0) is 62.4. The minimum Gasteiger partial charge on any atom is -0.370 e. The molecule has 0 aliphatic rings. The average molecular weight is 1240 g/mol. The van der Waals surface area contributed by atoms with Crippen molar-refractivity contribution >= 4 is 114 Å². The molecule has 35 heteroatoms. The molecule has 0 fully saturated rings. The third-order valence-electron chi connectivity index (χ3n) is 11.5. The summed E-state index contributed by atoms with van der Waals surface area (Å²) in [7, 11) is 5.27. The molecule has 0 radical (unpaired) electrons. The number of unbranched alkanes of at least 4 members (excludes halogenated alkanes) is 2. The van der Waals surface area contributed by atoms with Gasteiger partial charge in [0.15, 0.2) is 29.6 Å². The van der Waals surface area contributed by atoms with Crippen LogP contribution in [0.15, 0.2) is 20.0 Å². The summed E-state index contributed by atoms with van der Waals surface area (Å²) in [5.41, 5.74) is 72.9. The van der Waals surface area contributed by atoms with Crippen LogP contribution in [0, 0.1) is 0 Å². The second kappa shape index (κ2) is 42.1. The molecule has 0 bridgehead atoms. The summed E-state index contributed by atoms with van der Waals surface area (Å²) in [5.74, 6) is -4.72. The van der Waals surface area contributed by atoms with Crippen LogP contribution in [0.1, 0.15) is 111 Å². The number of Topliss-reactive ketones (excluding diaryl/α,β-unsaturated/α-hetero) is 1. The molecule has 32 N–H and O–H groups in total. The van der Waals surface area contributed by atoms with Crippen LogP contribution < -0.4 is 106 Å². The van der Waals surface area contributed by atoms with Crippen molar-refractivity contribution in [2.24, 2.45) is 94.5 Å². The van der Waals surface area contributed by atoms with E-state index in [1.54, 1.807) is 0 Å². The van der Waals surface area contributed by atoms with Crippen LogP contribution in [0.3, 0.4) is 0 Å². The van der Waals surface area contributed by atoms with Crippen molar-refractivity contribution in [3.63, 3.8) is 0 Å². The molecule has 0 aromatic heterocycles. The maximum atomic E-state index is 14.1. The first-order valence-electron chi connectivity index (χ1n) is 26.8. The minimum atomic E-state index is -1.24. The largest absolute Gasteiger partial charge is 0.370 e. The van der Waals surface area contributed by atoms with E-state index in [1.807, 2.05) is 27.7 Å². The first kappa shape index (κ1) is 76.3. The number of carbonyl (C=O) groups is 8. The monoisotopic (exact) mass is 1240 g/mol. The summed E-state index contributed by atoms with van der Waals surface area (Å²) in [5, 5.41) is 16.3. The number of aliphatic imine (C=N–C) groups is 4. The summed E-state index contributed by atoms with van der Waals surface area (Å²) in [6, 6.07) is -7.03. The number of ketones is 1. The Morgan fingerprint density at radius 3 is 1.13 bits per heavy atom. The minimum absolute atomic E-state index is 0.0179. The van der Waals surface area contributed by atoms with E-state index in [9.17, 15) is 38.4 Å². The van der Waals surface area contributed by atoms with Crippen molar-refractivity contribution in [3.05, 3.63) is 0 Å². The lowest BCUT2D eigenvalue weighted by Gasteiger charge is -2.27. The van der Waals surface area contributed by atoms with Crippen LogP contribution in [-0.2, 0) is 38.4 Å². The second-order valence-electron chi connectivity index (χ2n) is 20.3. The number of carbonyl (C=O) groups excluding carboxylic acids is 8. The number of nitrogens with two attached hydrogens (primary N) is 13. The Balaban J connectivity index is 6.16. The van der Waals surface area contributed by atoms with Gasteiger partial charge in [-0.1, -0.05) is 56.0 Å². The van der Waals surface area contributed by atoms with Crippen LogP contribution in [0.2, 0.25) is 0 Å². The third kappa shape index (κ3) is 38.9. The van der Waals surface area contributed by atoms with Crippen LogP contribution >= 0.6 is 43.2 Å². The van der Waals surface area contributed by atoms with Crippen molar-refractivity contribution in [2.75, 3.05) is 57.3 Å². The Morgan fingerprint density at radius 2 is 0.756 bits per heavy atom. The van der Waals surface area contributed by atoms with Gasteiger partial charge in [-0.3, -0.25) is 58.3 Å². The van der Waals surface area contributed by atoms with E-state index in [0.29, 0.717) is 70.9 Å². The number of hydrogen-bond acceptors (Lipinski definition) is 20. The molecule has 0 saturated carbocycles. The van der Waals surface area contributed by atoms with Gasteiger partial charge in [0.1, 0.15) is 12.1 Å². The Kier molecular flexibility index (Phi) is 39.2. The fourth-order valence-electron chi connectivity index (χ4n) is 6.84. The molecule has 7 atom stereocenters. The molecule has 7 amide bonds. The highest BCUT2D eigenvalue weighted by molar-refractivity contribution is 8.77. The van der Waals surface area contributed by atoms with Crippen LogP contribution in [-0.4, -0.2) is 180 Å². The SMILES string of the molecule is CC(C)(CNC(=O)[C@H](N)CCCN=C(N)N)SSC[C@@H](NC(=O)[C@H](N)CCCN=C(N)N)C(=O)CCCCC[C@@H](NC(=O)[C@@H](CSSC(C)(C)CNC(=O)[C@H](N)CCCN=C(N)N)NC(=O)[C@H](N)CCCN=C(N)N)C(=O)NCC(N)=O. The Morgan fingerprint density at radius 1 is 0.402 bits per heavy atom. The maximum absolute atomic E-state index is 14.1. The number of amides is 7. The lowest BCUT2D eigenvalue weighted by atomic mass is 10.0. The number of nitrogens with one attached hydrogen (secondary N) is 6. The van der Waals surface area contributed by atoms with Gasteiger partial charge in [0.05, 0.1) is 36.8 Å². The highest BCUT2D eigenvalue weighted by atomic mass is 33.1. The van der Waals surface area contributed by atoms with Crippen LogP contribution in [0.25, 0.3) is 0 Å². The Hall–Kier alpha value is -5.72. The molecule has 0 saturated heterocycles. The van der Waals surface area contributed by atoms with Gasteiger partial charge in [0, 0.05) is 66.7 Å². The molecule has 0 aromatic carbocycles. The standard InChI is InChI=1S/C47H95N23O8S4/c1-46(2,25-66-36(73)27(48)12-8-18-61-42(53)54)81-79-23-32(69-38(75)29(50)14-10-20-63-44(57)58)34(71)17-7-5-6-16-31(40(77)65-22-35(52)72)68-41(78)33(70-39(76)30(51)15-11-21-64-45(59)60)24-80-82-47(3,4)26-67-37(74)28(49)13-9-19-62-43(55)56/h27-33H,5-26,48-51H2,1-4H3,(H2,52,72)(H,65,77)(H,66,73)(H,67,74)(H,68,78)(H,69,75)(H,70,76)(H4,53,54,61)(H4,55,56,62)(H4,57,58,63)(H4,59,60,64)/t27-,28-,29-,30-,31-,32-,33-/m1/s1. The van der Waals surface area contributed by atoms with E-state index < -0.39 is 87.9 Å². The van der Waals surface area contributed by atoms with E-state index >= 15 is 0 Å². The molecule has 0 unspecified atom stereocenters. The fourth-order valence-corrected chi connectivity index (χ4v) is 12.1. The van der Waals surface area contributed by atoms with Crippen molar-refractivity contribution in [1.82, 2.24) is 31.9 Å². The summed E-state index contributed by atoms with van der Waals surface area (Å²) in [4.78, 5) is 121. The molecule has 0 aliphatic heterocycles. The van der Waals surface area contributed by atoms with Crippen molar-refractivity contribution < 1.29 is 38.4 Å². The van der Waals surface area contributed by atoms with Gasteiger partial charge in [-0.15, -0.1) is 0 Å². The summed E-state index contributed by atoms with van der Waals surface area (Å²) >= 11 is 0. The van der Waals surface area contributed by atoms with E-state index in [0.717, 1.165) is 0 Å². The smallest absolute Gasteiger partial charge is 0.244 e. The lowest BCUT2D eigenvalue weighted by molar-refractivity contribution is -0.132. The molecule has 31 nitrogen and oxygen atoms in total. The zero-order valence-corrected chi connectivity index (χ0v) is 51.1. The number of nitrogens with zero attached hydrogens (tertiary/aromatic N) is 4. The molecule has 0 aliphatic carbocycles. The molecular formula is C47H95N23O8S4. The predicted octanol–water partition coefficient (Wildman–Crippen LogP) is -5.36. The Labute approximate surface area is 496 Å².